The lowest BCUT2D eigenvalue weighted by atomic mass is 9.92. The van der Waals surface area contributed by atoms with E-state index in [-0.39, 0.29) is 5.82 Å². The summed E-state index contributed by atoms with van der Waals surface area (Å²) in [6.07, 6.45) is 3.15. The molecule has 0 bridgehead atoms. The lowest BCUT2D eigenvalue weighted by Gasteiger charge is -2.30. The van der Waals surface area contributed by atoms with Crippen LogP contribution in [0.1, 0.15) is 32.3 Å². The van der Waals surface area contributed by atoms with Crippen LogP contribution in [-0.2, 0) is 11.2 Å². The molecule has 19 heavy (non-hydrogen) atoms. The highest BCUT2D eigenvalue weighted by Gasteiger charge is 2.21. The highest BCUT2D eigenvalue weighted by atomic mass is 19.1. The Balaban J connectivity index is 1.81. The zero-order chi connectivity index (χ0) is 13.7. The van der Waals surface area contributed by atoms with Gasteiger partial charge in [-0.25, -0.2) is 4.39 Å². The minimum atomic E-state index is -0.151. The fourth-order valence-electron chi connectivity index (χ4n) is 2.88. The first-order chi connectivity index (χ1) is 9.15. The van der Waals surface area contributed by atoms with E-state index in [4.69, 9.17) is 4.74 Å². The van der Waals surface area contributed by atoms with Gasteiger partial charge in [0.2, 0.25) is 0 Å². The van der Waals surface area contributed by atoms with E-state index < -0.39 is 0 Å². The van der Waals surface area contributed by atoms with Crippen molar-refractivity contribution in [2.75, 3.05) is 13.2 Å². The summed E-state index contributed by atoms with van der Waals surface area (Å²) < 4.78 is 18.5. The van der Waals surface area contributed by atoms with Crippen molar-refractivity contribution < 1.29 is 9.13 Å². The van der Waals surface area contributed by atoms with Gasteiger partial charge in [-0.2, -0.15) is 0 Å². The van der Waals surface area contributed by atoms with Crippen molar-refractivity contribution in [2.24, 2.45) is 5.92 Å². The molecule has 2 atom stereocenters. The maximum absolute atomic E-state index is 13.1. The molecule has 1 aromatic carbocycles. The maximum Gasteiger partial charge on any atom is 0.123 e. The predicted octanol–water partition coefficient (Wildman–Crippen LogP) is 3.16. The molecule has 0 radical (unpaired) electrons. The number of hydrogen-bond donors (Lipinski definition) is 1. The van der Waals surface area contributed by atoms with Crippen molar-refractivity contribution in [3.63, 3.8) is 0 Å². The monoisotopic (exact) mass is 265 g/mol. The average Bonchev–Trinajstić information content (AvgIpc) is 2.39. The number of ether oxygens (including phenoxy) is 1. The summed E-state index contributed by atoms with van der Waals surface area (Å²) in [5, 5.41) is 3.64. The zero-order valence-corrected chi connectivity index (χ0v) is 11.9. The molecule has 1 N–H and O–H groups in total. The number of benzene rings is 1. The topological polar surface area (TPSA) is 21.3 Å². The predicted molar refractivity (Wildman–Crippen MR) is 75.7 cm³/mol. The molecule has 0 saturated carbocycles. The first kappa shape index (κ1) is 14.5. The Labute approximate surface area is 115 Å². The molecule has 1 aliphatic rings. The first-order valence-electron chi connectivity index (χ1n) is 7.23. The number of halogens is 1. The molecule has 3 heteroatoms. The molecule has 1 aromatic rings. The molecule has 1 saturated heterocycles. The van der Waals surface area contributed by atoms with E-state index in [0.29, 0.717) is 18.0 Å². The van der Waals surface area contributed by atoms with Crippen molar-refractivity contribution >= 4 is 0 Å². The van der Waals surface area contributed by atoms with Crippen LogP contribution >= 0.6 is 0 Å². The van der Waals surface area contributed by atoms with Gasteiger partial charge >= 0.3 is 0 Å². The van der Waals surface area contributed by atoms with Gasteiger partial charge < -0.3 is 10.1 Å². The van der Waals surface area contributed by atoms with E-state index in [1.165, 1.54) is 6.07 Å². The van der Waals surface area contributed by atoms with Gasteiger partial charge in [0.1, 0.15) is 5.82 Å². The van der Waals surface area contributed by atoms with Crippen LogP contribution in [0.2, 0.25) is 0 Å². The SMILES string of the molecule is CC(Cc1cccc(F)c1)NC(C)C1CCOCC1. The minimum absolute atomic E-state index is 0.151. The Morgan fingerprint density at radius 1 is 1.32 bits per heavy atom. The number of nitrogens with one attached hydrogen (secondary N) is 1. The molecule has 0 aliphatic carbocycles. The van der Waals surface area contributed by atoms with Crippen molar-refractivity contribution in [3.05, 3.63) is 35.6 Å². The van der Waals surface area contributed by atoms with Gasteiger partial charge in [-0.15, -0.1) is 0 Å². The van der Waals surface area contributed by atoms with Crippen LogP contribution in [0.15, 0.2) is 24.3 Å². The summed E-state index contributed by atoms with van der Waals surface area (Å²) in [6, 6.07) is 7.73. The summed E-state index contributed by atoms with van der Waals surface area (Å²) in [7, 11) is 0. The Bertz CT molecular complexity index is 390. The largest absolute Gasteiger partial charge is 0.381 e. The van der Waals surface area contributed by atoms with E-state index in [1.807, 2.05) is 6.07 Å². The summed E-state index contributed by atoms with van der Waals surface area (Å²) in [6.45, 7) is 6.18. The quantitative estimate of drug-likeness (QED) is 0.883. The second kappa shape index (κ2) is 7.01. The lowest BCUT2D eigenvalue weighted by molar-refractivity contribution is 0.0547. The summed E-state index contributed by atoms with van der Waals surface area (Å²) in [5.41, 5.74) is 1.05. The zero-order valence-electron chi connectivity index (χ0n) is 11.9. The van der Waals surface area contributed by atoms with Crippen molar-refractivity contribution in [1.29, 1.82) is 0 Å². The highest BCUT2D eigenvalue weighted by Crippen LogP contribution is 2.19. The second-order valence-corrected chi connectivity index (χ2v) is 5.64. The summed E-state index contributed by atoms with van der Waals surface area (Å²) >= 11 is 0. The lowest BCUT2D eigenvalue weighted by Crippen LogP contribution is -2.42. The molecular weight excluding hydrogens is 241 g/mol. The van der Waals surface area contributed by atoms with Gasteiger partial charge in [0, 0.05) is 25.3 Å². The number of rotatable bonds is 5. The normalized spacial score (nSPS) is 20.2. The second-order valence-electron chi connectivity index (χ2n) is 5.64. The first-order valence-corrected chi connectivity index (χ1v) is 7.23. The molecule has 0 amide bonds. The third-order valence-corrected chi connectivity index (χ3v) is 3.95. The Morgan fingerprint density at radius 2 is 2.05 bits per heavy atom. The Hall–Kier alpha value is -0.930. The van der Waals surface area contributed by atoms with Crippen LogP contribution in [-0.4, -0.2) is 25.3 Å². The molecule has 0 aromatic heterocycles. The summed E-state index contributed by atoms with van der Waals surface area (Å²) in [4.78, 5) is 0. The van der Waals surface area contributed by atoms with E-state index in [1.54, 1.807) is 12.1 Å². The fraction of sp³-hybridized carbons (Fsp3) is 0.625. The Morgan fingerprint density at radius 3 is 2.74 bits per heavy atom. The maximum atomic E-state index is 13.1. The smallest absolute Gasteiger partial charge is 0.123 e. The third-order valence-electron chi connectivity index (χ3n) is 3.95. The standard InChI is InChI=1S/C16H24FNO/c1-12(10-14-4-3-5-16(17)11-14)18-13(2)15-6-8-19-9-7-15/h3-5,11-13,15,18H,6-10H2,1-2H3. The van der Waals surface area contributed by atoms with Gasteiger partial charge in [-0.1, -0.05) is 12.1 Å². The fourth-order valence-corrected chi connectivity index (χ4v) is 2.88. The van der Waals surface area contributed by atoms with Crippen molar-refractivity contribution in [3.8, 4) is 0 Å². The van der Waals surface area contributed by atoms with Gasteiger partial charge in [-0.3, -0.25) is 0 Å². The highest BCUT2D eigenvalue weighted by molar-refractivity contribution is 5.17. The van der Waals surface area contributed by atoms with Crippen LogP contribution in [0.3, 0.4) is 0 Å². The van der Waals surface area contributed by atoms with Crippen LogP contribution in [0.4, 0.5) is 4.39 Å². The molecule has 1 fully saturated rings. The molecular formula is C16H24FNO. The average molecular weight is 265 g/mol. The van der Waals surface area contributed by atoms with Gasteiger partial charge in [0.15, 0.2) is 0 Å². The van der Waals surface area contributed by atoms with E-state index in [9.17, 15) is 4.39 Å². The van der Waals surface area contributed by atoms with Crippen LogP contribution in [0.25, 0.3) is 0 Å². The minimum Gasteiger partial charge on any atom is -0.381 e. The molecule has 1 aliphatic heterocycles. The summed E-state index contributed by atoms with van der Waals surface area (Å²) in [5.74, 6) is 0.547. The molecule has 2 nitrogen and oxygen atoms in total. The molecule has 106 valence electrons. The molecule has 2 unspecified atom stereocenters. The van der Waals surface area contributed by atoms with E-state index in [0.717, 1.165) is 38.0 Å². The van der Waals surface area contributed by atoms with Crippen molar-refractivity contribution in [2.45, 2.75) is 45.2 Å². The van der Waals surface area contributed by atoms with Gasteiger partial charge in [0.25, 0.3) is 0 Å². The number of hydrogen-bond acceptors (Lipinski definition) is 2. The Kier molecular flexibility index (Phi) is 5.34. The van der Waals surface area contributed by atoms with Crippen LogP contribution < -0.4 is 5.32 Å². The third kappa shape index (κ3) is 4.59. The van der Waals surface area contributed by atoms with Crippen LogP contribution in [0.5, 0.6) is 0 Å². The van der Waals surface area contributed by atoms with Gasteiger partial charge in [-0.05, 0) is 56.7 Å². The van der Waals surface area contributed by atoms with E-state index >= 15 is 0 Å². The molecule has 1 heterocycles. The van der Waals surface area contributed by atoms with Crippen LogP contribution in [0, 0.1) is 11.7 Å². The molecule has 2 rings (SSSR count). The van der Waals surface area contributed by atoms with Crippen molar-refractivity contribution in [1.82, 2.24) is 5.32 Å². The molecule has 0 spiro atoms. The van der Waals surface area contributed by atoms with E-state index in [2.05, 4.69) is 19.2 Å². The van der Waals surface area contributed by atoms with Gasteiger partial charge in [0.05, 0.1) is 0 Å².